The van der Waals surface area contributed by atoms with Crippen LogP contribution in [0.25, 0.3) is 0 Å². The Hall–Kier alpha value is -2.63. The van der Waals surface area contributed by atoms with Crippen molar-refractivity contribution in [2.45, 2.75) is 40.4 Å². The Morgan fingerprint density at radius 3 is 1.75 bits per heavy atom. The van der Waals surface area contributed by atoms with Crippen LogP contribution in [-0.2, 0) is 43.5 Å². The Morgan fingerprint density at radius 1 is 0.958 bits per heavy atom. The van der Waals surface area contributed by atoms with Crippen molar-refractivity contribution in [3.8, 4) is 5.75 Å². The lowest BCUT2D eigenvalue weighted by atomic mass is 9.98. The SMILES string of the molecule is C=C(Cc1cc(COC(C)=O)c(OC)c(COC(C)=O)c1)C(C)=O. The van der Waals surface area contributed by atoms with Gasteiger partial charge in [-0.15, -0.1) is 0 Å². The van der Waals surface area contributed by atoms with Crippen molar-refractivity contribution in [1.29, 1.82) is 0 Å². The summed E-state index contributed by atoms with van der Waals surface area (Å²) < 4.78 is 15.5. The third-order valence-corrected chi connectivity index (χ3v) is 3.28. The summed E-state index contributed by atoms with van der Waals surface area (Å²) in [6, 6.07) is 3.57. The van der Waals surface area contributed by atoms with Crippen LogP contribution in [0.1, 0.15) is 37.5 Å². The van der Waals surface area contributed by atoms with Crippen LogP contribution in [-0.4, -0.2) is 24.8 Å². The van der Waals surface area contributed by atoms with E-state index in [0.29, 0.717) is 28.9 Å². The Labute approximate surface area is 141 Å². The predicted molar refractivity (Wildman–Crippen MR) is 87.5 cm³/mol. The lowest BCUT2D eigenvalue weighted by Gasteiger charge is -2.16. The van der Waals surface area contributed by atoms with Gasteiger partial charge >= 0.3 is 11.9 Å². The molecule has 1 rings (SSSR count). The molecule has 6 heteroatoms. The summed E-state index contributed by atoms with van der Waals surface area (Å²) in [6.45, 7) is 7.86. The van der Waals surface area contributed by atoms with Gasteiger partial charge in [-0.3, -0.25) is 14.4 Å². The third kappa shape index (κ3) is 5.87. The summed E-state index contributed by atoms with van der Waals surface area (Å²) in [5.74, 6) is -0.460. The van der Waals surface area contributed by atoms with Gasteiger partial charge in [0.25, 0.3) is 0 Å². The minimum absolute atomic E-state index is 0.0198. The Balaban J connectivity index is 3.23. The van der Waals surface area contributed by atoms with Crippen LogP contribution >= 0.6 is 0 Å². The van der Waals surface area contributed by atoms with Gasteiger partial charge in [-0.2, -0.15) is 0 Å². The van der Waals surface area contributed by atoms with Gasteiger partial charge in [0.15, 0.2) is 5.78 Å². The molecule has 0 saturated heterocycles. The summed E-state index contributed by atoms with van der Waals surface area (Å²) in [5, 5.41) is 0. The number of methoxy groups -OCH3 is 1. The molecule has 0 aliphatic carbocycles. The summed E-state index contributed by atoms with van der Waals surface area (Å²) >= 11 is 0. The smallest absolute Gasteiger partial charge is 0.302 e. The van der Waals surface area contributed by atoms with Crippen LogP contribution in [0.15, 0.2) is 24.3 Å². The first-order valence-corrected chi connectivity index (χ1v) is 7.38. The summed E-state index contributed by atoms with van der Waals surface area (Å²) in [6.07, 6.45) is 0.347. The first-order valence-electron chi connectivity index (χ1n) is 7.38. The third-order valence-electron chi connectivity index (χ3n) is 3.28. The molecular weight excluding hydrogens is 312 g/mol. The minimum Gasteiger partial charge on any atom is -0.496 e. The van der Waals surface area contributed by atoms with Crippen LogP contribution in [0.4, 0.5) is 0 Å². The van der Waals surface area contributed by atoms with Gasteiger partial charge in [0, 0.05) is 31.4 Å². The van der Waals surface area contributed by atoms with Crippen molar-refractivity contribution >= 4 is 17.7 Å². The zero-order chi connectivity index (χ0) is 18.3. The van der Waals surface area contributed by atoms with Crippen molar-refractivity contribution in [3.05, 3.63) is 41.0 Å². The largest absolute Gasteiger partial charge is 0.496 e. The number of hydrogen-bond donors (Lipinski definition) is 0. The van der Waals surface area contributed by atoms with E-state index in [9.17, 15) is 14.4 Å². The topological polar surface area (TPSA) is 78.9 Å². The molecule has 0 unspecified atom stereocenters. The monoisotopic (exact) mass is 334 g/mol. The number of rotatable bonds is 8. The van der Waals surface area contributed by atoms with Gasteiger partial charge < -0.3 is 14.2 Å². The second-order valence-electron chi connectivity index (χ2n) is 5.34. The van der Waals surface area contributed by atoms with Gasteiger partial charge in [0.2, 0.25) is 0 Å². The van der Waals surface area contributed by atoms with Crippen molar-refractivity contribution in [2.75, 3.05) is 7.11 Å². The van der Waals surface area contributed by atoms with Gasteiger partial charge in [-0.25, -0.2) is 0 Å². The zero-order valence-corrected chi connectivity index (χ0v) is 14.4. The number of esters is 2. The molecule has 0 heterocycles. The van der Waals surface area contributed by atoms with E-state index in [-0.39, 0.29) is 19.0 Å². The molecule has 0 atom stereocenters. The normalized spacial score (nSPS) is 10.0. The first kappa shape index (κ1) is 19.4. The second-order valence-corrected chi connectivity index (χ2v) is 5.34. The van der Waals surface area contributed by atoms with Gasteiger partial charge in [0.1, 0.15) is 19.0 Å². The average Bonchev–Trinajstić information content (AvgIpc) is 2.50. The maximum absolute atomic E-state index is 11.4. The lowest BCUT2D eigenvalue weighted by Crippen LogP contribution is -2.08. The molecule has 24 heavy (non-hydrogen) atoms. The molecule has 0 aliphatic heterocycles. The highest BCUT2D eigenvalue weighted by Crippen LogP contribution is 2.28. The van der Waals surface area contributed by atoms with Crippen LogP contribution in [0.2, 0.25) is 0 Å². The summed E-state index contributed by atoms with van der Waals surface area (Å²) in [4.78, 5) is 33.6. The maximum Gasteiger partial charge on any atom is 0.302 e. The van der Waals surface area contributed by atoms with Crippen molar-refractivity contribution in [3.63, 3.8) is 0 Å². The average molecular weight is 334 g/mol. The van der Waals surface area contributed by atoms with Gasteiger partial charge in [-0.05, 0) is 30.2 Å². The van der Waals surface area contributed by atoms with E-state index < -0.39 is 11.9 Å². The van der Waals surface area contributed by atoms with E-state index in [2.05, 4.69) is 6.58 Å². The second kappa shape index (κ2) is 8.86. The van der Waals surface area contributed by atoms with E-state index in [4.69, 9.17) is 14.2 Å². The van der Waals surface area contributed by atoms with Crippen LogP contribution in [0.5, 0.6) is 5.75 Å². The molecule has 1 aromatic carbocycles. The Morgan fingerprint density at radius 2 is 1.42 bits per heavy atom. The number of ketones is 1. The molecule has 0 fully saturated rings. The van der Waals surface area contributed by atoms with Crippen LogP contribution < -0.4 is 4.74 Å². The summed E-state index contributed by atoms with van der Waals surface area (Å²) in [5.41, 5.74) is 2.50. The molecule has 0 radical (unpaired) electrons. The number of allylic oxidation sites excluding steroid dienone is 1. The molecular formula is C18H22O6. The van der Waals surface area contributed by atoms with E-state index in [0.717, 1.165) is 5.56 Å². The molecule has 0 amide bonds. The Bertz CT molecular complexity index is 620. The molecule has 0 aromatic heterocycles. The van der Waals surface area contributed by atoms with Gasteiger partial charge in [0.05, 0.1) is 7.11 Å². The highest BCUT2D eigenvalue weighted by Gasteiger charge is 2.15. The van der Waals surface area contributed by atoms with E-state index in [1.54, 1.807) is 12.1 Å². The molecule has 0 aliphatic rings. The molecule has 0 N–H and O–H groups in total. The first-order chi connectivity index (χ1) is 11.2. The fraction of sp³-hybridized carbons (Fsp3) is 0.389. The van der Waals surface area contributed by atoms with E-state index in [1.807, 2.05) is 0 Å². The van der Waals surface area contributed by atoms with Crippen molar-refractivity contribution < 1.29 is 28.6 Å². The number of carbonyl (C=O) groups excluding carboxylic acids is 3. The molecule has 6 nitrogen and oxygen atoms in total. The molecule has 0 saturated carbocycles. The highest BCUT2D eigenvalue weighted by molar-refractivity contribution is 5.93. The molecule has 130 valence electrons. The van der Waals surface area contributed by atoms with Crippen molar-refractivity contribution in [1.82, 2.24) is 0 Å². The van der Waals surface area contributed by atoms with Crippen LogP contribution in [0, 0.1) is 0 Å². The van der Waals surface area contributed by atoms with E-state index in [1.165, 1.54) is 27.9 Å². The van der Waals surface area contributed by atoms with Gasteiger partial charge in [-0.1, -0.05) is 6.58 Å². The highest BCUT2D eigenvalue weighted by atomic mass is 16.5. The van der Waals surface area contributed by atoms with Crippen molar-refractivity contribution in [2.24, 2.45) is 0 Å². The minimum atomic E-state index is -0.419. The number of Topliss-reactive ketones (excluding diaryl/α,β-unsaturated/α-hetero) is 1. The zero-order valence-electron chi connectivity index (χ0n) is 14.4. The number of ether oxygens (including phenoxy) is 3. The lowest BCUT2D eigenvalue weighted by molar-refractivity contribution is -0.142. The standard InChI is InChI=1S/C18H22O6/c1-11(12(2)19)6-15-7-16(9-23-13(3)20)18(22-5)17(8-15)10-24-14(4)21/h7-8H,1,6,9-10H2,2-5H3. The quantitative estimate of drug-likeness (QED) is 0.537. The van der Waals surface area contributed by atoms with E-state index >= 15 is 0 Å². The maximum atomic E-state index is 11.4. The number of benzene rings is 1. The Kier molecular flexibility index (Phi) is 7.17. The molecule has 0 bridgehead atoms. The summed E-state index contributed by atoms with van der Waals surface area (Å²) in [7, 11) is 1.48. The molecule has 0 spiro atoms. The van der Waals surface area contributed by atoms with Crippen LogP contribution in [0.3, 0.4) is 0 Å². The predicted octanol–water partition coefficient (Wildman–Crippen LogP) is 2.51. The number of carbonyl (C=O) groups is 3. The fourth-order valence-corrected chi connectivity index (χ4v) is 2.13. The number of hydrogen-bond acceptors (Lipinski definition) is 6. The fourth-order valence-electron chi connectivity index (χ4n) is 2.13. The molecule has 1 aromatic rings.